The Morgan fingerprint density at radius 3 is 2.26 bits per heavy atom. The summed E-state index contributed by atoms with van der Waals surface area (Å²) in [5, 5.41) is 3.07. The van der Waals surface area contributed by atoms with Gasteiger partial charge in [0.05, 0.1) is 5.69 Å². The highest BCUT2D eigenvalue weighted by Crippen LogP contribution is 2.21. The maximum absolute atomic E-state index is 11.6. The molecule has 6 heteroatoms. The molecule has 2 rings (SSSR count). The summed E-state index contributed by atoms with van der Waals surface area (Å²) in [6.07, 6.45) is 1.63. The van der Waals surface area contributed by atoms with Gasteiger partial charge in [-0.15, -0.1) is 0 Å². The van der Waals surface area contributed by atoms with Crippen molar-refractivity contribution in [2.24, 2.45) is 5.73 Å². The molecule has 0 spiro atoms. The molecule has 1 unspecified atom stereocenters. The van der Waals surface area contributed by atoms with Crippen LogP contribution in [-0.2, 0) is 4.79 Å². The van der Waals surface area contributed by atoms with Gasteiger partial charge in [0.25, 0.3) is 0 Å². The third-order valence-corrected chi connectivity index (χ3v) is 3.48. The predicted octanol–water partition coefficient (Wildman–Crippen LogP) is 3.25. The third-order valence-electron chi connectivity index (χ3n) is 2.49. The lowest BCUT2D eigenvalue weighted by atomic mass is 10.1. The zero-order valence-electron chi connectivity index (χ0n) is 9.81. The highest BCUT2D eigenvalue weighted by atomic mass is 79.9. The lowest BCUT2D eigenvalue weighted by Gasteiger charge is -2.16. The lowest BCUT2D eigenvalue weighted by molar-refractivity contribution is -0.118. The molecule has 1 atom stereocenters. The molecule has 0 aliphatic heterocycles. The molecule has 1 heterocycles. The number of rotatable bonds is 4. The van der Waals surface area contributed by atoms with Crippen LogP contribution in [0.5, 0.6) is 0 Å². The number of benzene rings is 1. The number of nitrogens with one attached hydrogen (secondary N) is 1. The number of anilines is 1. The van der Waals surface area contributed by atoms with Crippen molar-refractivity contribution in [3.8, 4) is 0 Å². The molecule has 1 aromatic heterocycles. The van der Waals surface area contributed by atoms with Crippen molar-refractivity contribution in [1.82, 2.24) is 4.98 Å². The van der Waals surface area contributed by atoms with E-state index in [1.807, 2.05) is 30.3 Å². The van der Waals surface area contributed by atoms with Crippen LogP contribution in [0.2, 0.25) is 0 Å². The monoisotopic (exact) mass is 383 g/mol. The first-order chi connectivity index (χ1) is 9.06. The van der Waals surface area contributed by atoms with E-state index in [0.717, 1.165) is 14.6 Å². The number of primary amides is 1. The van der Waals surface area contributed by atoms with Gasteiger partial charge < -0.3 is 11.1 Å². The van der Waals surface area contributed by atoms with E-state index in [2.05, 4.69) is 42.2 Å². The summed E-state index contributed by atoms with van der Waals surface area (Å²) in [5.41, 5.74) is 6.81. The number of hydrogen-bond acceptors (Lipinski definition) is 3. The van der Waals surface area contributed by atoms with Gasteiger partial charge in [-0.25, -0.2) is 0 Å². The standard InChI is InChI=1S/C13H11Br2N3O/c14-8-1-4-10(5-2-8)18-12(13(16)19)11-6-3-9(15)7-17-11/h1-7,12,18H,(H2,16,19). The molecule has 1 amide bonds. The third kappa shape index (κ3) is 3.78. The van der Waals surface area contributed by atoms with E-state index in [-0.39, 0.29) is 0 Å². The number of carbonyl (C=O) groups excluding carboxylic acids is 1. The van der Waals surface area contributed by atoms with E-state index >= 15 is 0 Å². The molecule has 0 saturated heterocycles. The Hall–Kier alpha value is -1.40. The van der Waals surface area contributed by atoms with Crippen LogP contribution >= 0.6 is 31.9 Å². The molecule has 1 aromatic carbocycles. The maximum Gasteiger partial charge on any atom is 0.246 e. The summed E-state index contributed by atoms with van der Waals surface area (Å²) < 4.78 is 1.82. The van der Waals surface area contributed by atoms with Gasteiger partial charge in [0.1, 0.15) is 6.04 Å². The molecular formula is C13H11Br2N3O. The van der Waals surface area contributed by atoms with Crippen molar-refractivity contribution in [1.29, 1.82) is 0 Å². The molecule has 0 radical (unpaired) electrons. The van der Waals surface area contributed by atoms with Gasteiger partial charge in [-0.1, -0.05) is 15.9 Å². The molecule has 2 aromatic rings. The van der Waals surface area contributed by atoms with Gasteiger partial charge in [-0.3, -0.25) is 9.78 Å². The normalized spacial score (nSPS) is 11.9. The summed E-state index contributed by atoms with van der Waals surface area (Å²) in [4.78, 5) is 15.7. The maximum atomic E-state index is 11.6. The summed E-state index contributed by atoms with van der Waals surface area (Å²) in [7, 11) is 0. The van der Waals surface area contributed by atoms with Crippen LogP contribution in [0.1, 0.15) is 11.7 Å². The molecule has 0 aliphatic rings. The number of nitrogens with two attached hydrogens (primary N) is 1. The van der Waals surface area contributed by atoms with E-state index in [1.54, 1.807) is 12.3 Å². The summed E-state index contributed by atoms with van der Waals surface area (Å²) in [5.74, 6) is -0.474. The van der Waals surface area contributed by atoms with Gasteiger partial charge in [0.2, 0.25) is 5.91 Å². The predicted molar refractivity (Wildman–Crippen MR) is 81.6 cm³/mol. The first kappa shape index (κ1) is 14.0. The highest BCUT2D eigenvalue weighted by Gasteiger charge is 2.18. The van der Waals surface area contributed by atoms with Crippen LogP contribution in [0.3, 0.4) is 0 Å². The van der Waals surface area contributed by atoms with Crippen molar-refractivity contribution in [3.63, 3.8) is 0 Å². The van der Waals surface area contributed by atoms with Crippen molar-refractivity contribution < 1.29 is 4.79 Å². The number of halogens is 2. The molecule has 0 saturated carbocycles. The largest absolute Gasteiger partial charge is 0.369 e. The summed E-state index contributed by atoms with van der Waals surface area (Å²) in [6, 6.07) is 10.4. The van der Waals surface area contributed by atoms with Crippen molar-refractivity contribution in [2.45, 2.75) is 6.04 Å². The van der Waals surface area contributed by atoms with Crippen molar-refractivity contribution in [3.05, 3.63) is 57.2 Å². The first-order valence-electron chi connectivity index (χ1n) is 5.49. The minimum Gasteiger partial charge on any atom is -0.369 e. The second kappa shape index (κ2) is 6.16. The van der Waals surface area contributed by atoms with E-state index in [0.29, 0.717) is 5.69 Å². The molecule has 19 heavy (non-hydrogen) atoms. The number of amides is 1. The molecular weight excluding hydrogens is 374 g/mol. The average Bonchev–Trinajstić information content (AvgIpc) is 2.39. The number of aromatic nitrogens is 1. The van der Waals surface area contributed by atoms with Gasteiger partial charge in [-0.2, -0.15) is 0 Å². The number of nitrogens with zero attached hydrogens (tertiary/aromatic N) is 1. The Kier molecular flexibility index (Phi) is 4.55. The first-order valence-corrected chi connectivity index (χ1v) is 7.08. The Morgan fingerprint density at radius 2 is 1.74 bits per heavy atom. The SMILES string of the molecule is NC(=O)C(Nc1ccc(Br)cc1)c1ccc(Br)cn1. The second-order valence-corrected chi connectivity index (χ2v) is 5.72. The van der Waals surface area contributed by atoms with Gasteiger partial charge >= 0.3 is 0 Å². The van der Waals surface area contributed by atoms with Crippen LogP contribution < -0.4 is 11.1 Å². The van der Waals surface area contributed by atoms with E-state index in [9.17, 15) is 4.79 Å². The van der Waals surface area contributed by atoms with E-state index in [1.165, 1.54) is 0 Å². The Morgan fingerprint density at radius 1 is 1.11 bits per heavy atom. The van der Waals surface area contributed by atoms with Gasteiger partial charge in [-0.05, 0) is 52.3 Å². The number of hydrogen-bond donors (Lipinski definition) is 2. The van der Waals surface area contributed by atoms with Crippen LogP contribution in [0.25, 0.3) is 0 Å². The average molecular weight is 385 g/mol. The fourth-order valence-electron chi connectivity index (χ4n) is 1.56. The molecule has 0 aliphatic carbocycles. The summed E-state index contributed by atoms with van der Waals surface area (Å²) >= 11 is 6.66. The zero-order valence-corrected chi connectivity index (χ0v) is 13.0. The Labute approximate surface area is 127 Å². The molecule has 0 bridgehead atoms. The fraction of sp³-hybridized carbons (Fsp3) is 0.0769. The molecule has 3 N–H and O–H groups in total. The topological polar surface area (TPSA) is 68.0 Å². The molecule has 98 valence electrons. The number of pyridine rings is 1. The van der Waals surface area contributed by atoms with E-state index < -0.39 is 11.9 Å². The van der Waals surface area contributed by atoms with Crippen LogP contribution in [0.4, 0.5) is 5.69 Å². The second-order valence-electron chi connectivity index (χ2n) is 3.89. The van der Waals surface area contributed by atoms with E-state index in [4.69, 9.17) is 5.73 Å². The zero-order chi connectivity index (χ0) is 13.8. The quantitative estimate of drug-likeness (QED) is 0.850. The smallest absolute Gasteiger partial charge is 0.246 e. The minimum absolute atomic E-state index is 0.474. The molecule has 0 fully saturated rings. The van der Waals surface area contributed by atoms with Crippen molar-refractivity contribution in [2.75, 3.05) is 5.32 Å². The Balaban J connectivity index is 2.23. The van der Waals surface area contributed by atoms with Crippen LogP contribution in [0.15, 0.2) is 51.5 Å². The Bertz CT molecular complexity index is 569. The van der Waals surface area contributed by atoms with Gasteiger partial charge in [0, 0.05) is 20.8 Å². The van der Waals surface area contributed by atoms with Crippen LogP contribution in [-0.4, -0.2) is 10.9 Å². The minimum atomic E-state index is -0.658. The van der Waals surface area contributed by atoms with Crippen molar-refractivity contribution >= 4 is 43.5 Å². The summed E-state index contributed by atoms with van der Waals surface area (Å²) in [6.45, 7) is 0. The fourth-order valence-corrected chi connectivity index (χ4v) is 2.06. The van der Waals surface area contributed by atoms with Gasteiger partial charge in [0.15, 0.2) is 0 Å². The highest BCUT2D eigenvalue weighted by molar-refractivity contribution is 9.10. The lowest BCUT2D eigenvalue weighted by Crippen LogP contribution is -2.28. The molecule has 4 nitrogen and oxygen atoms in total. The van der Waals surface area contributed by atoms with Crippen LogP contribution in [0, 0.1) is 0 Å². The number of carbonyl (C=O) groups is 1.